The predicted octanol–water partition coefficient (Wildman–Crippen LogP) is 5.88. The van der Waals surface area contributed by atoms with Crippen LogP contribution in [0.5, 0.6) is 0 Å². The molecular weight excluding hydrogens is 331 g/mol. The lowest BCUT2D eigenvalue weighted by Crippen LogP contribution is -2.31. The van der Waals surface area contributed by atoms with E-state index in [1.54, 1.807) is 0 Å². The average molecular weight is 364 g/mol. The first-order chi connectivity index (χ1) is 11.9. The standard InChI is InChI=1S/C20H33N2O2P/c1-16(2)25(24,17(3)4)22-15-11-7-5-6-8-14-20(23)21-18-12-9-10-13-19(18)22/h9-10,12-13,16-17H,5-8,11,14-15H2,1-4H3,(H,21,23). The number of para-hydroxylation sites is 2. The van der Waals surface area contributed by atoms with Crippen LogP contribution in [0.1, 0.15) is 66.2 Å². The number of anilines is 2. The Bertz CT molecular complexity index is 616. The van der Waals surface area contributed by atoms with E-state index >= 15 is 0 Å². The van der Waals surface area contributed by atoms with Gasteiger partial charge in [0.25, 0.3) is 0 Å². The Labute approximate surface area is 152 Å². The molecule has 4 nitrogen and oxygen atoms in total. The number of carbonyl (C=O) groups is 1. The molecule has 1 aliphatic rings. The second kappa shape index (κ2) is 8.89. The summed E-state index contributed by atoms with van der Waals surface area (Å²) in [6, 6.07) is 7.82. The van der Waals surface area contributed by atoms with E-state index in [1.807, 2.05) is 24.3 Å². The van der Waals surface area contributed by atoms with E-state index in [0.29, 0.717) is 6.42 Å². The van der Waals surface area contributed by atoms with Gasteiger partial charge in [-0.1, -0.05) is 59.1 Å². The van der Waals surface area contributed by atoms with Crippen LogP contribution in [0.4, 0.5) is 11.4 Å². The zero-order valence-electron chi connectivity index (χ0n) is 16.1. The number of carbonyl (C=O) groups excluding carboxylic acids is 1. The summed E-state index contributed by atoms with van der Waals surface area (Å²) in [4.78, 5) is 12.3. The molecule has 0 saturated heterocycles. The number of hydrogen-bond donors (Lipinski definition) is 1. The molecule has 0 aromatic heterocycles. The van der Waals surface area contributed by atoms with Gasteiger partial charge in [-0.05, 0) is 25.0 Å². The Hall–Kier alpha value is -1.28. The fourth-order valence-electron chi connectivity index (χ4n) is 3.69. The first-order valence-corrected chi connectivity index (χ1v) is 11.4. The van der Waals surface area contributed by atoms with Crippen molar-refractivity contribution in [2.24, 2.45) is 0 Å². The van der Waals surface area contributed by atoms with E-state index in [4.69, 9.17) is 0 Å². The summed E-state index contributed by atoms with van der Waals surface area (Å²) in [5.74, 6) is 0.0527. The van der Waals surface area contributed by atoms with Gasteiger partial charge in [-0.2, -0.15) is 0 Å². The maximum Gasteiger partial charge on any atom is 0.224 e. The molecule has 1 aromatic rings. The van der Waals surface area contributed by atoms with Crippen LogP contribution in [-0.2, 0) is 9.36 Å². The minimum absolute atomic E-state index is 0.0527. The van der Waals surface area contributed by atoms with Crippen LogP contribution in [0.25, 0.3) is 0 Å². The summed E-state index contributed by atoms with van der Waals surface area (Å²) < 4.78 is 16.2. The van der Waals surface area contributed by atoms with Crippen LogP contribution in [0.3, 0.4) is 0 Å². The van der Waals surface area contributed by atoms with E-state index in [-0.39, 0.29) is 17.2 Å². The molecule has 0 unspecified atom stereocenters. The number of amides is 1. The van der Waals surface area contributed by atoms with E-state index in [0.717, 1.165) is 50.0 Å². The highest BCUT2D eigenvalue weighted by Gasteiger charge is 2.38. The van der Waals surface area contributed by atoms with Crippen LogP contribution in [-0.4, -0.2) is 23.8 Å². The van der Waals surface area contributed by atoms with Crippen LogP contribution < -0.4 is 9.99 Å². The van der Waals surface area contributed by atoms with Crippen molar-refractivity contribution in [3.63, 3.8) is 0 Å². The third-order valence-corrected chi connectivity index (χ3v) is 9.22. The second-order valence-corrected chi connectivity index (χ2v) is 11.5. The third kappa shape index (κ3) is 4.67. The molecule has 140 valence electrons. The molecular formula is C20H33N2O2P. The highest BCUT2D eigenvalue weighted by atomic mass is 31.2. The zero-order valence-corrected chi connectivity index (χ0v) is 17.0. The SMILES string of the molecule is CC(C)P(=O)(C(C)C)N1CCCCCCCC(=O)Nc2ccccc21. The van der Waals surface area contributed by atoms with Gasteiger partial charge in [0.05, 0.1) is 11.4 Å². The Kier molecular flexibility index (Phi) is 7.13. The molecule has 2 rings (SSSR count). The van der Waals surface area contributed by atoms with E-state index in [2.05, 4.69) is 37.7 Å². The summed E-state index contributed by atoms with van der Waals surface area (Å²) in [6.07, 6.45) is 5.87. The first kappa shape index (κ1) is 20.0. The maximum absolute atomic E-state index is 14.0. The molecule has 0 bridgehead atoms. The summed E-state index contributed by atoms with van der Waals surface area (Å²) in [6.45, 7) is 8.99. The fourth-order valence-corrected chi connectivity index (χ4v) is 6.97. The summed E-state index contributed by atoms with van der Waals surface area (Å²) in [7, 11) is -2.61. The Morgan fingerprint density at radius 1 is 0.960 bits per heavy atom. The molecule has 25 heavy (non-hydrogen) atoms. The number of hydrogen-bond acceptors (Lipinski definition) is 2. The van der Waals surface area contributed by atoms with Crippen molar-refractivity contribution >= 4 is 24.6 Å². The molecule has 0 spiro atoms. The number of rotatable bonds is 3. The lowest BCUT2D eigenvalue weighted by molar-refractivity contribution is -0.116. The van der Waals surface area contributed by atoms with Crippen molar-refractivity contribution in [3.8, 4) is 0 Å². The Morgan fingerprint density at radius 3 is 2.24 bits per heavy atom. The van der Waals surface area contributed by atoms with Crippen molar-refractivity contribution in [1.82, 2.24) is 0 Å². The maximum atomic E-state index is 14.0. The topological polar surface area (TPSA) is 49.4 Å². The second-order valence-electron chi connectivity index (χ2n) is 7.57. The molecule has 0 atom stereocenters. The van der Waals surface area contributed by atoms with Gasteiger partial charge in [0.15, 0.2) is 7.29 Å². The van der Waals surface area contributed by atoms with Gasteiger partial charge in [0, 0.05) is 24.3 Å². The molecule has 5 heteroatoms. The molecule has 0 aliphatic carbocycles. The van der Waals surface area contributed by atoms with Crippen LogP contribution in [0.2, 0.25) is 0 Å². The minimum Gasteiger partial charge on any atom is -0.324 e. The number of fused-ring (bicyclic) bond motifs is 1. The van der Waals surface area contributed by atoms with Crippen LogP contribution in [0.15, 0.2) is 24.3 Å². The minimum atomic E-state index is -2.61. The molecule has 0 saturated carbocycles. The number of nitrogens with one attached hydrogen (secondary N) is 1. The molecule has 1 N–H and O–H groups in total. The van der Waals surface area contributed by atoms with Crippen LogP contribution >= 0.6 is 7.29 Å². The van der Waals surface area contributed by atoms with Crippen LogP contribution in [0, 0.1) is 0 Å². The van der Waals surface area contributed by atoms with Crippen molar-refractivity contribution < 1.29 is 9.36 Å². The van der Waals surface area contributed by atoms with Crippen molar-refractivity contribution in [2.75, 3.05) is 16.5 Å². The summed E-state index contributed by atoms with van der Waals surface area (Å²) in [5.41, 5.74) is 1.84. The highest BCUT2D eigenvalue weighted by molar-refractivity contribution is 7.66. The zero-order chi connectivity index (χ0) is 18.4. The van der Waals surface area contributed by atoms with Gasteiger partial charge in [0.1, 0.15) is 0 Å². The van der Waals surface area contributed by atoms with Crippen molar-refractivity contribution in [2.45, 2.75) is 77.5 Å². The highest BCUT2D eigenvalue weighted by Crippen LogP contribution is 2.60. The van der Waals surface area contributed by atoms with E-state index < -0.39 is 7.29 Å². The van der Waals surface area contributed by atoms with Gasteiger partial charge in [-0.3, -0.25) is 9.36 Å². The van der Waals surface area contributed by atoms with E-state index in [1.165, 1.54) is 0 Å². The third-order valence-electron chi connectivity index (χ3n) is 5.09. The molecule has 0 radical (unpaired) electrons. The van der Waals surface area contributed by atoms with Gasteiger partial charge >= 0.3 is 0 Å². The number of nitrogens with zero attached hydrogens (tertiary/aromatic N) is 1. The largest absolute Gasteiger partial charge is 0.324 e. The lowest BCUT2D eigenvalue weighted by Gasteiger charge is -2.40. The fraction of sp³-hybridized carbons (Fsp3) is 0.650. The van der Waals surface area contributed by atoms with Gasteiger partial charge in [-0.25, -0.2) is 0 Å². The smallest absolute Gasteiger partial charge is 0.224 e. The van der Waals surface area contributed by atoms with Crippen molar-refractivity contribution in [3.05, 3.63) is 24.3 Å². The monoisotopic (exact) mass is 364 g/mol. The molecule has 1 aromatic carbocycles. The lowest BCUT2D eigenvalue weighted by atomic mass is 10.1. The molecule has 0 fully saturated rings. The molecule has 1 aliphatic heterocycles. The number of benzene rings is 1. The normalized spacial score (nSPS) is 17.7. The Balaban J connectivity index is 2.50. The predicted molar refractivity (Wildman–Crippen MR) is 108 cm³/mol. The summed E-state index contributed by atoms with van der Waals surface area (Å²) in [5, 5.41) is 3.06. The molecule has 1 amide bonds. The van der Waals surface area contributed by atoms with Gasteiger partial charge in [0.2, 0.25) is 5.91 Å². The first-order valence-electron chi connectivity index (χ1n) is 9.63. The van der Waals surface area contributed by atoms with Gasteiger partial charge < -0.3 is 9.99 Å². The van der Waals surface area contributed by atoms with E-state index in [9.17, 15) is 9.36 Å². The summed E-state index contributed by atoms with van der Waals surface area (Å²) >= 11 is 0. The van der Waals surface area contributed by atoms with Crippen molar-refractivity contribution in [1.29, 1.82) is 0 Å². The quantitative estimate of drug-likeness (QED) is 0.681. The average Bonchev–Trinajstić information content (AvgIpc) is 2.56. The molecule has 1 heterocycles. The Morgan fingerprint density at radius 2 is 1.56 bits per heavy atom. The van der Waals surface area contributed by atoms with Gasteiger partial charge in [-0.15, -0.1) is 0 Å².